The topological polar surface area (TPSA) is 0 Å². The first-order valence-electron chi connectivity index (χ1n) is 6.94. The summed E-state index contributed by atoms with van der Waals surface area (Å²) in [7, 11) is -0.0697. The average molecular weight is 329 g/mol. The van der Waals surface area contributed by atoms with Crippen LogP contribution >= 0.6 is 0 Å². The van der Waals surface area contributed by atoms with E-state index in [1.165, 1.54) is 17.7 Å². The second-order valence-electron chi connectivity index (χ2n) is 5.13. The van der Waals surface area contributed by atoms with E-state index in [4.69, 9.17) is 0 Å². The van der Waals surface area contributed by atoms with E-state index in [-0.39, 0.29) is 8.80 Å². The molecule has 99 valence electrons. The van der Waals surface area contributed by atoms with Crippen molar-refractivity contribution < 1.29 is 0 Å². The molecule has 19 heavy (non-hydrogen) atoms. The number of hydrogen-bond donors (Lipinski definition) is 0. The van der Waals surface area contributed by atoms with Crippen LogP contribution in [0.5, 0.6) is 0 Å². The van der Waals surface area contributed by atoms with Crippen molar-refractivity contribution in [3.05, 3.63) is 60.7 Å². The van der Waals surface area contributed by atoms with Gasteiger partial charge in [-0.15, -0.1) is 0 Å². The molecule has 0 atom stereocenters. The summed E-state index contributed by atoms with van der Waals surface area (Å²) < 4.78 is 3.20. The van der Waals surface area contributed by atoms with Crippen molar-refractivity contribution in [2.24, 2.45) is 0 Å². The Morgan fingerprint density at radius 2 is 1.26 bits per heavy atom. The van der Waals surface area contributed by atoms with Gasteiger partial charge < -0.3 is 0 Å². The fourth-order valence-electron chi connectivity index (χ4n) is 2.21. The molecular formula is C17H22AsSi. The van der Waals surface area contributed by atoms with Crippen molar-refractivity contribution in [2.75, 3.05) is 0 Å². The molecule has 2 rings (SSSR count). The Morgan fingerprint density at radius 3 is 1.68 bits per heavy atom. The van der Waals surface area contributed by atoms with E-state index in [0.29, 0.717) is 0 Å². The van der Waals surface area contributed by atoms with Gasteiger partial charge in [-0.2, -0.15) is 0 Å². The molecule has 0 amide bonds. The van der Waals surface area contributed by atoms with Gasteiger partial charge in [0.05, 0.1) is 0 Å². The molecule has 0 aliphatic rings. The second kappa shape index (κ2) is 7.72. The zero-order chi connectivity index (χ0) is 13.5. The Balaban J connectivity index is 2.14. The molecule has 0 aromatic heterocycles. The Kier molecular flexibility index (Phi) is 5.94. The monoisotopic (exact) mass is 329 g/mol. The van der Waals surface area contributed by atoms with E-state index in [1.807, 2.05) is 0 Å². The van der Waals surface area contributed by atoms with Crippen LogP contribution in [0.25, 0.3) is 0 Å². The summed E-state index contributed by atoms with van der Waals surface area (Å²) in [5, 5.41) is 1.41. The summed E-state index contributed by atoms with van der Waals surface area (Å²) in [5.74, 6) is 0. The van der Waals surface area contributed by atoms with Crippen LogP contribution in [0.1, 0.15) is 6.42 Å². The summed E-state index contributed by atoms with van der Waals surface area (Å²) in [6.07, 6.45) is 1.41. The second-order valence-corrected chi connectivity index (χ2v) is 12.9. The van der Waals surface area contributed by atoms with Crippen LogP contribution in [-0.2, 0) is 0 Å². The van der Waals surface area contributed by atoms with Gasteiger partial charge in [0.1, 0.15) is 0 Å². The van der Waals surface area contributed by atoms with Crippen LogP contribution in [0, 0.1) is 0 Å². The van der Waals surface area contributed by atoms with Crippen molar-refractivity contribution in [2.45, 2.75) is 30.8 Å². The van der Waals surface area contributed by atoms with E-state index in [1.54, 1.807) is 8.70 Å². The molecule has 1 radical (unpaired) electrons. The van der Waals surface area contributed by atoms with Gasteiger partial charge in [0.2, 0.25) is 0 Å². The van der Waals surface area contributed by atoms with E-state index < -0.39 is 14.7 Å². The summed E-state index contributed by atoms with van der Waals surface area (Å²) in [6.45, 7) is 4.85. The molecular weight excluding hydrogens is 307 g/mol. The van der Waals surface area contributed by atoms with Gasteiger partial charge in [-0.25, -0.2) is 0 Å². The van der Waals surface area contributed by atoms with Crippen LogP contribution < -0.4 is 8.70 Å². The molecule has 0 aliphatic heterocycles. The van der Waals surface area contributed by atoms with E-state index in [0.717, 1.165) is 0 Å². The van der Waals surface area contributed by atoms with Crippen molar-refractivity contribution in [3.63, 3.8) is 0 Å². The molecule has 2 aromatic carbocycles. The number of benzene rings is 2. The molecule has 0 saturated carbocycles. The molecule has 0 fully saturated rings. The quantitative estimate of drug-likeness (QED) is 0.712. The van der Waals surface area contributed by atoms with Gasteiger partial charge in [0.25, 0.3) is 0 Å². The van der Waals surface area contributed by atoms with Crippen LogP contribution in [0.3, 0.4) is 0 Å². The zero-order valence-corrected chi connectivity index (χ0v) is 14.7. The summed E-state index contributed by atoms with van der Waals surface area (Å²) in [6, 6.07) is 23.8. The Hall–Kier alpha value is -0.785. The minimum atomic E-state index is -1.07. The fraction of sp³-hybridized carbons (Fsp3) is 0.294. The van der Waals surface area contributed by atoms with Crippen molar-refractivity contribution in [3.8, 4) is 0 Å². The van der Waals surface area contributed by atoms with Crippen molar-refractivity contribution >= 4 is 32.2 Å². The SMILES string of the molecule is C[Si](C)CCC[As](c1ccccc1)c1ccccc1. The molecule has 0 saturated heterocycles. The van der Waals surface area contributed by atoms with E-state index in [2.05, 4.69) is 73.8 Å². The molecule has 0 bridgehead atoms. The Labute approximate surface area is 123 Å². The Morgan fingerprint density at radius 1 is 0.789 bits per heavy atom. The van der Waals surface area contributed by atoms with Crippen molar-refractivity contribution in [1.29, 1.82) is 0 Å². The Bertz CT molecular complexity index is 428. The zero-order valence-electron chi connectivity index (χ0n) is 11.8. The maximum absolute atomic E-state index is 2.42. The molecule has 0 nitrogen and oxygen atoms in total. The maximum atomic E-state index is 2.42. The summed E-state index contributed by atoms with van der Waals surface area (Å²) >= 11 is -1.07. The van der Waals surface area contributed by atoms with Gasteiger partial charge >= 0.3 is 124 Å². The third-order valence-corrected chi connectivity index (χ3v) is 10.0. The first-order chi connectivity index (χ1) is 9.27. The van der Waals surface area contributed by atoms with Gasteiger partial charge in [0, 0.05) is 0 Å². The van der Waals surface area contributed by atoms with Crippen LogP contribution in [0.4, 0.5) is 0 Å². The number of rotatable bonds is 6. The van der Waals surface area contributed by atoms with Crippen LogP contribution in [-0.4, -0.2) is 23.4 Å². The van der Waals surface area contributed by atoms with Crippen LogP contribution in [0.2, 0.25) is 24.3 Å². The molecule has 0 heterocycles. The predicted molar refractivity (Wildman–Crippen MR) is 89.6 cm³/mol. The molecule has 0 spiro atoms. The first-order valence-corrected chi connectivity index (χ1v) is 12.8. The molecule has 0 N–H and O–H groups in total. The predicted octanol–water partition coefficient (Wildman–Crippen LogP) is 3.44. The van der Waals surface area contributed by atoms with Crippen molar-refractivity contribution in [1.82, 2.24) is 0 Å². The molecule has 0 aliphatic carbocycles. The molecule has 2 aromatic rings. The van der Waals surface area contributed by atoms with Gasteiger partial charge in [0.15, 0.2) is 0 Å². The third-order valence-electron chi connectivity index (χ3n) is 3.19. The van der Waals surface area contributed by atoms with Gasteiger partial charge in [-0.05, 0) is 0 Å². The molecule has 0 unspecified atom stereocenters. The average Bonchev–Trinajstić information content (AvgIpc) is 2.45. The number of hydrogen-bond acceptors (Lipinski definition) is 0. The summed E-state index contributed by atoms with van der Waals surface area (Å²) in [5.41, 5.74) is 0. The summed E-state index contributed by atoms with van der Waals surface area (Å²) in [4.78, 5) is 0. The third kappa shape index (κ3) is 4.67. The molecule has 2 heteroatoms. The normalized spacial score (nSPS) is 11.2. The van der Waals surface area contributed by atoms with E-state index in [9.17, 15) is 0 Å². The first kappa shape index (κ1) is 14.6. The standard InChI is InChI=1S/C17H22AsSi/c1-19(2)15-9-14-18(16-10-5-3-6-11-16)17-12-7-4-8-13-17/h3-8,10-13H,9,14-15H2,1-2H3. The van der Waals surface area contributed by atoms with Crippen LogP contribution in [0.15, 0.2) is 60.7 Å². The minimum absolute atomic E-state index is 0.0697. The van der Waals surface area contributed by atoms with Gasteiger partial charge in [-0.3, -0.25) is 0 Å². The fourth-order valence-corrected chi connectivity index (χ4v) is 8.68. The van der Waals surface area contributed by atoms with Gasteiger partial charge in [-0.1, -0.05) is 0 Å². The van der Waals surface area contributed by atoms with E-state index >= 15 is 0 Å².